The number of nitrogens with zero attached hydrogens (tertiary/aromatic N) is 3. The SMILES string of the molecule is CCn1nncc1COc1cc(COC(=O)OC)ccc1OC(C)=O. The Morgan fingerprint density at radius 1 is 1.20 bits per heavy atom. The van der Waals surface area contributed by atoms with Gasteiger partial charge in [-0.2, -0.15) is 0 Å². The molecule has 0 amide bonds. The molecule has 0 spiro atoms. The molecule has 0 atom stereocenters. The van der Waals surface area contributed by atoms with Crippen LogP contribution in [0.15, 0.2) is 24.4 Å². The molecule has 1 aromatic carbocycles. The molecule has 0 saturated carbocycles. The van der Waals surface area contributed by atoms with Crippen LogP contribution in [0.4, 0.5) is 4.79 Å². The van der Waals surface area contributed by atoms with E-state index in [0.717, 1.165) is 5.69 Å². The second kappa shape index (κ2) is 8.67. The van der Waals surface area contributed by atoms with Crippen molar-refractivity contribution in [3.8, 4) is 11.5 Å². The molecule has 0 aliphatic heterocycles. The fourth-order valence-corrected chi connectivity index (χ4v) is 2.00. The first-order chi connectivity index (χ1) is 12.0. The fourth-order valence-electron chi connectivity index (χ4n) is 2.00. The van der Waals surface area contributed by atoms with E-state index in [-0.39, 0.29) is 19.0 Å². The molecular weight excluding hydrogens is 330 g/mol. The zero-order chi connectivity index (χ0) is 18.2. The predicted molar refractivity (Wildman–Crippen MR) is 85.0 cm³/mol. The van der Waals surface area contributed by atoms with Crippen molar-refractivity contribution < 1.29 is 28.5 Å². The quantitative estimate of drug-likeness (QED) is 0.553. The molecule has 0 saturated heterocycles. The van der Waals surface area contributed by atoms with E-state index in [1.54, 1.807) is 29.1 Å². The minimum absolute atomic E-state index is 0.00215. The number of aryl methyl sites for hydroxylation is 1. The maximum atomic E-state index is 11.2. The molecule has 1 heterocycles. The highest BCUT2D eigenvalue weighted by Crippen LogP contribution is 2.29. The molecule has 25 heavy (non-hydrogen) atoms. The fraction of sp³-hybridized carbons (Fsp3) is 0.375. The molecule has 2 aromatic rings. The summed E-state index contributed by atoms with van der Waals surface area (Å²) in [5.74, 6) is 0.138. The van der Waals surface area contributed by atoms with Crippen LogP contribution >= 0.6 is 0 Å². The van der Waals surface area contributed by atoms with Crippen LogP contribution in [0.5, 0.6) is 11.5 Å². The lowest BCUT2D eigenvalue weighted by Crippen LogP contribution is -2.09. The minimum Gasteiger partial charge on any atom is -0.483 e. The first-order valence-electron chi connectivity index (χ1n) is 7.55. The van der Waals surface area contributed by atoms with Crippen molar-refractivity contribution in [1.82, 2.24) is 15.0 Å². The summed E-state index contributed by atoms with van der Waals surface area (Å²) >= 11 is 0. The summed E-state index contributed by atoms with van der Waals surface area (Å²) in [7, 11) is 1.23. The van der Waals surface area contributed by atoms with Gasteiger partial charge >= 0.3 is 12.1 Å². The summed E-state index contributed by atoms with van der Waals surface area (Å²) in [6.07, 6.45) is 0.809. The van der Waals surface area contributed by atoms with Gasteiger partial charge in [0.25, 0.3) is 0 Å². The molecule has 0 unspecified atom stereocenters. The van der Waals surface area contributed by atoms with Crippen LogP contribution in [0.3, 0.4) is 0 Å². The molecule has 0 radical (unpaired) electrons. The second-order valence-electron chi connectivity index (χ2n) is 4.95. The third kappa shape index (κ3) is 5.20. The zero-order valence-electron chi connectivity index (χ0n) is 14.2. The van der Waals surface area contributed by atoms with E-state index >= 15 is 0 Å². The Hall–Kier alpha value is -3.10. The molecule has 134 valence electrons. The third-order valence-corrected chi connectivity index (χ3v) is 3.16. The third-order valence-electron chi connectivity index (χ3n) is 3.16. The van der Waals surface area contributed by atoms with Crippen LogP contribution in [-0.4, -0.2) is 34.2 Å². The molecule has 2 rings (SSSR count). The van der Waals surface area contributed by atoms with Gasteiger partial charge in [0.05, 0.1) is 19.0 Å². The Kier molecular flexibility index (Phi) is 6.33. The lowest BCUT2D eigenvalue weighted by atomic mass is 10.2. The van der Waals surface area contributed by atoms with Crippen molar-refractivity contribution in [1.29, 1.82) is 0 Å². The van der Waals surface area contributed by atoms with Crippen LogP contribution < -0.4 is 9.47 Å². The number of carbonyl (C=O) groups excluding carboxylic acids is 2. The molecule has 0 aliphatic rings. The van der Waals surface area contributed by atoms with Gasteiger partial charge < -0.3 is 18.9 Å². The number of rotatable bonds is 7. The van der Waals surface area contributed by atoms with Crippen molar-refractivity contribution in [3.05, 3.63) is 35.7 Å². The van der Waals surface area contributed by atoms with Crippen LogP contribution in [0.25, 0.3) is 0 Å². The largest absolute Gasteiger partial charge is 0.508 e. The predicted octanol–water partition coefficient (Wildman–Crippen LogP) is 2.09. The smallest absolute Gasteiger partial charge is 0.483 e. The molecule has 9 heteroatoms. The van der Waals surface area contributed by atoms with Crippen LogP contribution in [0, 0.1) is 0 Å². The normalized spacial score (nSPS) is 10.2. The van der Waals surface area contributed by atoms with Crippen molar-refractivity contribution >= 4 is 12.1 Å². The Morgan fingerprint density at radius 3 is 2.68 bits per heavy atom. The number of aromatic nitrogens is 3. The first-order valence-corrected chi connectivity index (χ1v) is 7.55. The van der Waals surface area contributed by atoms with Gasteiger partial charge in [0.2, 0.25) is 0 Å². The summed E-state index contributed by atoms with van der Waals surface area (Å²) in [5.41, 5.74) is 1.42. The van der Waals surface area contributed by atoms with Crippen LogP contribution in [0.1, 0.15) is 25.1 Å². The molecule has 0 fully saturated rings. The van der Waals surface area contributed by atoms with E-state index in [1.165, 1.54) is 14.0 Å². The highest BCUT2D eigenvalue weighted by atomic mass is 16.7. The number of methoxy groups -OCH3 is 1. The van der Waals surface area contributed by atoms with E-state index in [9.17, 15) is 9.59 Å². The molecular formula is C16H19N3O6. The molecule has 9 nitrogen and oxygen atoms in total. The highest BCUT2D eigenvalue weighted by molar-refractivity contribution is 5.70. The van der Waals surface area contributed by atoms with E-state index < -0.39 is 12.1 Å². The Labute approximate surface area is 144 Å². The highest BCUT2D eigenvalue weighted by Gasteiger charge is 2.12. The molecule has 1 aromatic heterocycles. The first kappa shape index (κ1) is 18.2. The number of hydrogen-bond acceptors (Lipinski definition) is 8. The second-order valence-corrected chi connectivity index (χ2v) is 4.95. The maximum Gasteiger partial charge on any atom is 0.508 e. The summed E-state index contributed by atoms with van der Waals surface area (Å²) in [6, 6.07) is 4.86. The average Bonchev–Trinajstić information content (AvgIpc) is 3.06. The lowest BCUT2D eigenvalue weighted by Gasteiger charge is -2.13. The van der Waals surface area contributed by atoms with Gasteiger partial charge in [-0.3, -0.25) is 4.79 Å². The summed E-state index contributed by atoms with van der Waals surface area (Å²) in [6.45, 7) is 4.08. The van der Waals surface area contributed by atoms with Gasteiger partial charge in [-0.1, -0.05) is 11.3 Å². The zero-order valence-corrected chi connectivity index (χ0v) is 14.2. The van der Waals surface area contributed by atoms with Crippen LogP contribution in [0.2, 0.25) is 0 Å². The van der Waals surface area contributed by atoms with Crippen molar-refractivity contribution in [2.75, 3.05) is 7.11 Å². The average molecular weight is 349 g/mol. The van der Waals surface area contributed by atoms with E-state index in [4.69, 9.17) is 14.2 Å². The Balaban J connectivity index is 2.15. The van der Waals surface area contributed by atoms with E-state index in [0.29, 0.717) is 17.9 Å². The van der Waals surface area contributed by atoms with Gasteiger partial charge in [-0.05, 0) is 24.6 Å². The Bertz CT molecular complexity index is 743. The summed E-state index contributed by atoms with van der Waals surface area (Å²) in [4.78, 5) is 22.3. The number of carbonyl (C=O) groups is 2. The monoisotopic (exact) mass is 349 g/mol. The van der Waals surface area contributed by atoms with E-state index in [1.807, 2.05) is 6.92 Å². The van der Waals surface area contributed by atoms with Gasteiger partial charge in [-0.25, -0.2) is 9.48 Å². The Morgan fingerprint density at radius 2 is 2.00 bits per heavy atom. The standard InChI is InChI=1S/C16H19N3O6/c1-4-19-13(8-17-18-19)10-23-15-7-12(9-24-16(21)22-3)5-6-14(15)25-11(2)20/h5-8H,4,9-10H2,1-3H3. The van der Waals surface area contributed by atoms with Crippen molar-refractivity contribution in [2.24, 2.45) is 0 Å². The van der Waals surface area contributed by atoms with Gasteiger partial charge in [-0.15, -0.1) is 5.10 Å². The lowest BCUT2D eigenvalue weighted by molar-refractivity contribution is -0.132. The molecule has 0 bridgehead atoms. The molecule has 0 N–H and O–H groups in total. The van der Waals surface area contributed by atoms with Gasteiger partial charge in [0.15, 0.2) is 11.5 Å². The van der Waals surface area contributed by atoms with Gasteiger partial charge in [0.1, 0.15) is 13.2 Å². The van der Waals surface area contributed by atoms with Crippen molar-refractivity contribution in [3.63, 3.8) is 0 Å². The maximum absolute atomic E-state index is 11.2. The summed E-state index contributed by atoms with van der Waals surface area (Å²) in [5, 5.41) is 7.75. The number of ether oxygens (including phenoxy) is 4. The number of hydrogen-bond donors (Lipinski definition) is 0. The molecule has 0 aliphatic carbocycles. The number of benzene rings is 1. The van der Waals surface area contributed by atoms with E-state index in [2.05, 4.69) is 15.0 Å². The van der Waals surface area contributed by atoms with Gasteiger partial charge in [0, 0.05) is 13.5 Å². The topological polar surface area (TPSA) is 102 Å². The van der Waals surface area contributed by atoms with Crippen molar-refractivity contribution in [2.45, 2.75) is 33.6 Å². The minimum atomic E-state index is -0.788. The summed E-state index contributed by atoms with van der Waals surface area (Å²) < 4.78 is 21.9. The van der Waals surface area contributed by atoms with Crippen LogP contribution in [-0.2, 0) is 34.0 Å². The number of esters is 1.